The summed E-state index contributed by atoms with van der Waals surface area (Å²) in [7, 11) is 0. The predicted octanol–water partition coefficient (Wildman–Crippen LogP) is 0.927. The number of benzene rings is 1. The third kappa shape index (κ3) is 3.91. The Kier molecular flexibility index (Phi) is 4.69. The molecule has 1 aromatic heterocycles. The van der Waals surface area contributed by atoms with E-state index in [9.17, 15) is 4.79 Å². The van der Waals surface area contributed by atoms with Gasteiger partial charge in [-0.15, -0.1) is 0 Å². The van der Waals surface area contributed by atoms with E-state index in [0.29, 0.717) is 17.3 Å². The van der Waals surface area contributed by atoms with Crippen molar-refractivity contribution in [3.05, 3.63) is 46.6 Å². The maximum atomic E-state index is 12.2. The molecule has 0 radical (unpaired) electrons. The molecule has 0 aliphatic rings. The van der Waals surface area contributed by atoms with Crippen molar-refractivity contribution in [2.45, 2.75) is 20.4 Å². The lowest BCUT2D eigenvalue weighted by Gasteiger charge is -2.06. The highest BCUT2D eigenvalue weighted by atomic mass is 16.5. The average Bonchev–Trinajstić information content (AvgIpc) is 2.89. The second-order valence-corrected chi connectivity index (χ2v) is 4.45. The van der Waals surface area contributed by atoms with Gasteiger partial charge in [0.15, 0.2) is 5.82 Å². The molecule has 2 aromatic rings. The zero-order chi connectivity index (χ0) is 15.2. The molecule has 0 atom stereocenters. The van der Waals surface area contributed by atoms with Crippen LogP contribution >= 0.6 is 0 Å². The highest BCUT2D eigenvalue weighted by molar-refractivity contribution is 5.95. The minimum atomic E-state index is -0.209. The van der Waals surface area contributed by atoms with E-state index in [1.165, 1.54) is 0 Å². The highest BCUT2D eigenvalue weighted by Crippen LogP contribution is 2.11. The van der Waals surface area contributed by atoms with E-state index in [4.69, 9.17) is 10.3 Å². The number of nitrogens with one attached hydrogen (secondary N) is 1. The lowest BCUT2D eigenvalue weighted by atomic mass is 10.0. The van der Waals surface area contributed by atoms with Crippen molar-refractivity contribution >= 4 is 5.91 Å². The second-order valence-electron chi connectivity index (χ2n) is 4.45. The number of carbonyl (C=O) groups is 1. The van der Waals surface area contributed by atoms with E-state index >= 15 is 0 Å². The molecule has 1 heterocycles. The Balaban J connectivity index is 2.10. The molecule has 1 amide bonds. The van der Waals surface area contributed by atoms with Gasteiger partial charge in [-0.25, -0.2) is 0 Å². The SMILES string of the molecule is Cc1noc(CNC(=O)c2cc(C#CCN)ccc2C)n1. The fourth-order valence-electron chi connectivity index (χ4n) is 1.76. The van der Waals surface area contributed by atoms with Crippen LogP contribution in [0.25, 0.3) is 0 Å². The minimum absolute atomic E-state index is 0.192. The van der Waals surface area contributed by atoms with Crippen LogP contribution in [0.1, 0.15) is 33.2 Å². The first-order valence-corrected chi connectivity index (χ1v) is 6.47. The van der Waals surface area contributed by atoms with Crippen LogP contribution in [0.15, 0.2) is 22.7 Å². The van der Waals surface area contributed by atoms with Crippen molar-refractivity contribution in [3.63, 3.8) is 0 Å². The van der Waals surface area contributed by atoms with Gasteiger partial charge in [-0.2, -0.15) is 4.98 Å². The molecule has 0 aliphatic heterocycles. The van der Waals surface area contributed by atoms with Crippen LogP contribution in [-0.4, -0.2) is 22.6 Å². The standard InChI is InChI=1S/C15H16N4O2/c1-10-5-6-12(4-3-7-16)8-13(10)15(20)17-9-14-18-11(2)19-21-14/h5-6,8H,7,9,16H2,1-2H3,(H,17,20). The van der Waals surface area contributed by atoms with Crippen molar-refractivity contribution < 1.29 is 9.32 Å². The summed E-state index contributed by atoms with van der Waals surface area (Å²) in [6.45, 7) is 4.06. The highest BCUT2D eigenvalue weighted by Gasteiger charge is 2.11. The number of aryl methyl sites for hydroxylation is 2. The molecule has 108 valence electrons. The Labute approximate surface area is 122 Å². The van der Waals surface area contributed by atoms with Crippen LogP contribution in [0.4, 0.5) is 0 Å². The third-order valence-corrected chi connectivity index (χ3v) is 2.79. The van der Waals surface area contributed by atoms with Gasteiger partial charge in [-0.05, 0) is 31.5 Å². The topological polar surface area (TPSA) is 94.0 Å². The summed E-state index contributed by atoms with van der Waals surface area (Å²) in [5.41, 5.74) is 7.53. The Morgan fingerprint density at radius 1 is 1.43 bits per heavy atom. The van der Waals surface area contributed by atoms with Gasteiger partial charge in [-0.1, -0.05) is 23.1 Å². The summed E-state index contributed by atoms with van der Waals surface area (Å²) in [5.74, 6) is 6.37. The van der Waals surface area contributed by atoms with Crippen molar-refractivity contribution in [2.75, 3.05) is 6.54 Å². The molecular weight excluding hydrogens is 268 g/mol. The van der Waals surface area contributed by atoms with E-state index in [0.717, 1.165) is 11.1 Å². The Bertz CT molecular complexity index is 710. The van der Waals surface area contributed by atoms with Gasteiger partial charge >= 0.3 is 0 Å². The van der Waals surface area contributed by atoms with Crippen LogP contribution < -0.4 is 11.1 Å². The predicted molar refractivity (Wildman–Crippen MR) is 77.3 cm³/mol. The van der Waals surface area contributed by atoms with E-state index in [1.54, 1.807) is 13.0 Å². The number of hydrogen-bond acceptors (Lipinski definition) is 5. The lowest BCUT2D eigenvalue weighted by molar-refractivity contribution is 0.0945. The van der Waals surface area contributed by atoms with Gasteiger partial charge in [0.2, 0.25) is 5.89 Å². The fraction of sp³-hybridized carbons (Fsp3) is 0.267. The van der Waals surface area contributed by atoms with E-state index in [-0.39, 0.29) is 19.0 Å². The molecule has 0 fully saturated rings. The Hall–Kier alpha value is -2.65. The molecule has 21 heavy (non-hydrogen) atoms. The van der Waals surface area contributed by atoms with Gasteiger partial charge < -0.3 is 15.6 Å². The Morgan fingerprint density at radius 2 is 2.24 bits per heavy atom. The molecule has 0 aliphatic carbocycles. The molecule has 0 bridgehead atoms. The van der Waals surface area contributed by atoms with Gasteiger partial charge in [-0.3, -0.25) is 4.79 Å². The molecule has 0 saturated heterocycles. The van der Waals surface area contributed by atoms with Gasteiger partial charge in [0.05, 0.1) is 13.1 Å². The summed E-state index contributed by atoms with van der Waals surface area (Å²) in [5, 5.41) is 6.41. The molecule has 1 aromatic carbocycles. The van der Waals surface area contributed by atoms with E-state index in [1.807, 2.05) is 19.1 Å². The van der Waals surface area contributed by atoms with E-state index < -0.39 is 0 Å². The summed E-state index contributed by atoms with van der Waals surface area (Å²) < 4.78 is 4.95. The largest absolute Gasteiger partial charge is 0.343 e. The van der Waals surface area contributed by atoms with Crippen LogP contribution in [0.3, 0.4) is 0 Å². The number of rotatable bonds is 3. The third-order valence-electron chi connectivity index (χ3n) is 2.79. The number of hydrogen-bond donors (Lipinski definition) is 2. The number of nitrogens with zero attached hydrogens (tertiary/aromatic N) is 2. The van der Waals surface area contributed by atoms with Crippen LogP contribution in [0.2, 0.25) is 0 Å². The van der Waals surface area contributed by atoms with Gasteiger partial charge in [0.1, 0.15) is 0 Å². The number of amides is 1. The summed E-state index contributed by atoms with van der Waals surface area (Å²) in [6, 6.07) is 5.45. The Morgan fingerprint density at radius 3 is 2.90 bits per heavy atom. The monoisotopic (exact) mass is 284 g/mol. The first-order chi connectivity index (χ1) is 10.1. The lowest BCUT2D eigenvalue weighted by Crippen LogP contribution is -2.23. The molecule has 0 saturated carbocycles. The molecule has 0 spiro atoms. The average molecular weight is 284 g/mol. The zero-order valence-corrected chi connectivity index (χ0v) is 11.9. The van der Waals surface area contributed by atoms with Crippen molar-refractivity contribution in [1.29, 1.82) is 0 Å². The maximum absolute atomic E-state index is 12.2. The van der Waals surface area contributed by atoms with Crippen LogP contribution in [0.5, 0.6) is 0 Å². The van der Waals surface area contributed by atoms with Gasteiger partial charge in [0, 0.05) is 11.1 Å². The molecule has 6 nitrogen and oxygen atoms in total. The minimum Gasteiger partial charge on any atom is -0.343 e. The summed E-state index contributed by atoms with van der Waals surface area (Å²) >= 11 is 0. The fourth-order valence-corrected chi connectivity index (χ4v) is 1.76. The van der Waals surface area contributed by atoms with Crippen molar-refractivity contribution in [2.24, 2.45) is 5.73 Å². The molecule has 6 heteroatoms. The van der Waals surface area contributed by atoms with Crippen molar-refractivity contribution in [3.8, 4) is 11.8 Å². The summed E-state index contributed by atoms with van der Waals surface area (Å²) in [4.78, 5) is 16.2. The number of aromatic nitrogens is 2. The molecule has 0 unspecified atom stereocenters. The molecule has 3 N–H and O–H groups in total. The normalized spacial score (nSPS) is 9.86. The summed E-state index contributed by atoms with van der Waals surface area (Å²) in [6.07, 6.45) is 0. The van der Waals surface area contributed by atoms with Crippen molar-refractivity contribution in [1.82, 2.24) is 15.5 Å². The quantitative estimate of drug-likeness (QED) is 0.818. The number of nitrogens with two attached hydrogens (primary N) is 1. The zero-order valence-electron chi connectivity index (χ0n) is 11.9. The first-order valence-electron chi connectivity index (χ1n) is 6.47. The number of carbonyl (C=O) groups excluding carboxylic acids is 1. The molecule has 2 rings (SSSR count). The maximum Gasteiger partial charge on any atom is 0.252 e. The second kappa shape index (κ2) is 6.68. The van der Waals surface area contributed by atoms with Crippen LogP contribution in [0, 0.1) is 25.7 Å². The molecular formula is C15H16N4O2. The smallest absolute Gasteiger partial charge is 0.252 e. The first kappa shape index (κ1) is 14.8. The van der Waals surface area contributed by atoms with Crippen LogP contribution in [-0.2, 0) is 6.54 Å². The van der Waals surface area contributed by atoms with Gasteiger partial charge in [0.25, 0.3) is 5.91 Å². The van der Waals surface area contributed by atoms with E-state index in [2.05, 4.69) is 27.3 Å².